The molecule has 2 N–H and O–H groups in total. The van der Waals surface area contributed by atoms with Crippen LogP contribution in [0.3, 0.4) is 0 Å². The summed E-state index contributed by atoms with van der Waals surface area (Å²) in [7, 11) is 0. The van der Waals surface area contributed by atoms with Crippen LogP contribution in [0, 0.1) is 11.3 Å². The number of rotatable bonds is 5. The molecule has 5 nitrogen and oxygen atoms in total. The molecule has 1 rings (SSSR count). The number of nitrogens with one attached hydrogen (secondary N) is 1. The molecule has 122 valence electrons. The van der Waals surface area contributed by atoms with Gasteiger partial charge in [0.2, 0.25) is 0 Å². The van der Waals surface area contributed by atoms with E-state index in [1.807, 2.05) is 25.7 Å². The number of carbonyl (C=O) groups is 2. The second-order valence-corrected chi connectivity index (χ2v) is 7.57. The van der Waals surface area contributed by atoms with Gasteiger partial charge in [-0.3, -0.25) is 0 Å². The average molecular weight is 298 g/mol. The number of carboxylic acids is 1. The van der Waals surface area contributed by atoms with Gasteiger partial charge in [0, 0.05) is 12.6 Å². The molecule has 1 atom stereocenters. The molecule has 0 spiro atoms. The van der Waals surface area contributed by atoms with Crippen LogP contribution in [0.1, 0.15) is 60.3 Å². The van der Waals surface area contributed by atoms with E-state index in [-0.39, 0.29) is 12.1 Å². The quantitative estimate of drug-likeness (QED) is 0.819. The van der Waals surface area contributed by atoms with Gasteiger partial charge in [-0.25, -0.2) is 9.59 Å². The number of nitrogens with zero attached hydrogens (tertiary/aromatic N) is 1. The van der Waals surface area contributed by atoms with Crippen molar-refractivity contribution >= 4 is 12.0 Å². The molecule has 1 fully saturated rings. The van der Waals surface area contributed by atoms with Crippen molar-refractivity contribution in [2.24, 2.45) is 11.3 Å². The summed E-state index contributed by atoms with van der Waals surface area (Å²) in [5.41, 5.74) is -0.513. The van der Waals surface area contributed by atoms with Gasteiger partial charge < -0.3 is 15.3 Å². The van der Waals surface area contributed by atoms with E-state index in [0.717, 1.165) is 25.7 Å². The Morgan fingerprint density at radius 3 is 2.14 bits per heavy atom. The summed E-state index contributed by atoms with van der Waals surface area (Å²) in [5.74, 6) is -0.610. The highest BCUT2D eigenvalue weighted by Gasteiger charge is 2.35. The van der Waals surface area contributed by atoms with Crippen LogP contribution in [0.25, 0.3) is 0 Å². The number of aliphatic carboxylic acids is 1. The normalized spacial score (nSPS) is 17.8. The van der Waals surface area contributed by atoms with Crippen molar-refractivity contribution in [3.63, 3.8) is 0 Å². The molecule has 0 aromatic heterocycles. The predicted molar refractivity (Wildman–Crippen MR) is 83.2 cm³/mol. The Kier molecular flexibility index (Phi) is 6.05. The van der Waals surface area contributed by atoms with Crippen LogP contribution >= 0.6 is 0 Å². The fourth-order valence-electron chi connectivity index (χ4n) is 2.86. The molecule has 1 unspecified atom stereocenters. The molecule has 0 saturated heterocycles. The molecule has 0 aromatic rings. The Bertz CT molecular complexity index is 368. The van der Waals surface area contributed by atoms with Gasteiger partial charge in [-0.2, -0.15) is 0 Å². The maximum absolute atomic E-state index is 12.6. The minimum Gasteiger partial charge on any atom is -0.480 e. The highest BCUT2D eigenvalue weighted by Crippen LogP contribution is 2.25. The summed E-state index contributed by atoms with van der Waals surface area (Å²) < 4.78 is 0. The highest BCUT2D eigenvalue weighted by molar-refractivity contribution is 5.83. The molecule has 0 aromatic carbocycles. The summed E-state index contributed by atoms with van der Waals surface area (Å²) in [5, 5.41) is 12.1. The van der Waals surface area contributed by atoms with Crippen molar-refractivity contribution in [2.75, 3.05) is 6.54 Å². The third-order valence-corrected chi connectivity index (χ3v) is 3.97. The summed E-state index contributed by atoms with van der Waals surface area (Å²) in [4.78, 5) is 25.8. The van der Waals surface area contributed by atoms with Crippen molar-refractivity contribution in [3.05, 3.63) is 0 Å². The van der Waals surface area contributed by atoms with E-state index in [1.165, 1.54) is 0 Å². The number of hydrogen-bond donors (Lipinski definition) is 2. The van der Waals surface area contributed by atoms with Crippen LogP contribution in [-0.4, -0.2) is 40.6 Å². The van der Waals surface area contributed by atoms with Crippen LogP contribution < -0.4 is 5.32 Å². The molecule has 1 aliphatic rings. The first-order valence-electron chi connectivity index (χ1n) is 7.93. The third-order valence-electron chi connectivity index (χ3n) is 3.97. The third kappa shape index (κ3) is 5.21. The van der Waals surface area contributed by atoms with E-state index in [9.17, 15) is 14.7 Å². The lowest BCUT2D eigenvalue weighted by molar-refractivity contribution is -0.142. The molecule has 2 amide bonds. The second kappa shape index (κ2) is 7.14. The first-order chi connectivity index (χ1) is 9.62. The molecule has 0 aliphatic heterocycles. The van der Waals surface area contributed by atoms with Gasteiger partial charge in [-0.1, -0.05) is 47.5 Å². The van der Waals surface area contributed by atoms with Crippen molar-refractivity contribution in [1.29, 1.82) is 0 Å². The molecular formula is C16H30N2O3. The van der Waals surface area contributed by atoms with E-state index in [1.54, 1.807) is 0 Å². The van der Waals surface area contributed by atoms with E-state index in [0.29, 0.717) is 12.5 Å². The lowest BCUT2D eigenvalue weighted by atomic mass is 9.87. The van der Waals surface area contributed by atoms with Gasteiger partial charge in [0.25, 0.3) is 0 Å². The molecule has 21 heavy (non-hydrogen) atoms. The Morgan fingerprint density at radius 1 is 1.24 bits per heavy atom. The largest absolute Gasteiger partial charge is 0.480 e. The van der Waals surface area contributed by atoms with Gasteiger partial charge in [-0.05, 0) is 24.2 Å². The Morgan fingerprint density at radius 2 is 1.76 bits per heavy atom. The topological polar surface area (TPSA) is 69.6 Å². The fourth-order valence-corrected chi connectivity index (χ4v) is 2.86. The zero-order valence-electron chi connectivity index (χ0n) is 14.0. The summed E-state index contributed by atoms with van der Waals surface area (Å²) >= 11 is 0. The predicted octanol–water partition coefficient (Wildman–Crippen LogP) is 3.10. The van der Waals surface area contributed by atoms with E-state index < -0.39 is 17.4 Å². The van der Waals surface area contributed by atoms with Crippen LogP contribution in [0.5, 0.6) is 0 Å². The fraction of sp³-hybridized carbons (Fsp3) is 0.875. The number of hydrogen-bond acceptors (Lipinski definition) is 2. The number of amides is 2. The first-order valence-corrected chi connectivity index (χ1v) is 7.93. The molecule has 1 saturated carbocycles. The van der Waals surface area contributed by atoms with E-state index in [4.69, 9.17) is 0 Å². The van der Waals surface area contributed by atoms with Crippen molar-refractivity contribution in [2.45, 2.75) is 72.4 Å². The molecule has 0 bridgehead atoms. The summed E-state index contributed by atoms with van der Waals surface area (Å²) in [6.07, 6.45) is 4.34. The van der Waals surface area contributed by atoms with Gasteiger partial charge in [0.15, 0.2) is 0 Å². The van der Waals surface area contributed by atoms with Crippen LogP contribution in [0.2, 0.25) is 0 Å². The Balaban J connectivity index is 2.81. The molecular weight excluding hydrogens is 268 g/mol. The minimum absolute atomic E-state index is 0.238. The van der Waals surface area contributed by atoms with Gasteiger partial charge >= 0.3 is 12.0 Å². The Hall–Kier alpha value is -1.26. The summed E-state index contributed by atoms with van der Waals surface area (Å²) in [6.45, 7) is 10.3. The average Bonchev–Trinajstić information content (AvgIpc) is 2.84. The first kappa shape index (κ1) is 17.8. The van der Waals surface area contributed by atoms with Gasteiger partial charge in [0.05, 0.1) is 0 Å². The molecule has 5 heteroatoms. The van der Waals surface area contributed by atoms with E-state index in [2.05, 4.69) is 19.2 Å². The zero-order valence-corrected chi connectivity index (χ0v) is 14.0. The van der Waals surface area contributed by atoms with Gasteiger partial charge in [-0.15, -0.1) is 0 Å². The minimum atomic E-state index is -0.980. The Labute approximate surface area is 128 Å². The van der Waals surface area contributed by atoms with Crippen LogP contribution in [0.4, 0.5) is 4.79 Å². The molecule has 0 radical (unpaired) electrons. The lowest BCUT2D eigenvalue weighted by Crippen LogP contribution is -2.55. The second-order valence-electron chi connectivity index (χ2n) is 7.57. The maximum atomic E-state index is 12.6. The smallest absolute Gasteiger partial charge is 0.326 e. The maximum Gasteiger partial charge on any atom is 0.326 e. The zero-order chi connectivity index (χ0) is 16.2. The van der Waals surface area contributed by atoms with Crippen molar-refractivity contribution in [1.82, 2.24) is 10.2 Å². The van der Waals surface area contributed by atoms with E-state index >= 15 is 0 Å². The number of carbonyl (C=O) groups excluding carboxylic acids is 1. The standard InChI is InChI=1S/C16H30N2O3/c1-11(2)10-18(12-8-6-7-9-12)15(21)17-13(14(19)20)16(3,4)5/h11-13H,6-10H2,1-5H3,(H,17,21)(H,19,20). The van der Waals surface area contributed by atoms with Crippen LogP contribution in [-0.2, 0) is 4.79 Å². The summed E-state index contributed by atoms with van der Waals surface area (Å²) in [6, 6.07) is -0.860. The highest BCUT2D eigenvalue weighted by atomic mass is 16.4. The van der Waals surface area contributed by atoms with Crippen molar-refractivity contribution in [3.8, 4) is 0 Å². The van der Waals surface area contributed by atoms with Gasteiger partial charge in [0.1, 0.15) is 6.04 Å². The number of urea groups is 1. The van der Waals surface area contributed by atoms with Crippen LogP contribution in [0.15, 0.2) is 0 Å². The molecule has 1 aliphatic carbocycles. The van der Waals surface area contributed by atoms with Crippen molar-refractivity contribution < 1.29 is 14.7 Å². The lowest BCUT2D eigenvalue weighted by Gasteiger charge is -2.34. The number of carboxylic acid groups (broad SMARTS) is 1. The molecule has 0 heterocycles. The monoisotopic (exact) mass is 298 g/mol. The SMILES string of the molecule is CC(C)CN(C(=O)NC(C(=O)O)C(C)(C)C)C1CCCC1.